The molecule has 15 nitrogen and oxygen atoms in total. The highest BCUT2D eigenvalue weighted by molar-refractivity contribution is 5.96. The molecule has 9 N–H and O–H groups in total. The molecule has 1 aromatic rings. The van der Waals surface area contributed by atoms with Gasteiger partial charge in [0.05, 0.1) is 25.2 Å². The first-order chi connectivity index (χ1) is 16.3. The summed E-state index contributed by atoms with van der Waals surface area (Å²) in [6.45, 7) is 3.31. The molecule has 0 aliphatic carbocycles. The Balaban J connectivity index is 3.01. The summed E-state index contributed by atoms with van der Waals surface area (Å²) in [6.07, 6.45) is 1.32. The average molecular weight is 498 g/mol. The third kappa shape index (κ3) is 9.79. The molecule has 0 aliphatic rings. The number of carboxylic acid groups (broad SMARTS) is 3. The molecular weight excluding hydrogens is 468 g/mol. The maximum absolute atomic E-state index is 12.9. The lowest BCUT2D eigenvalue weighted by atomic mass is 9.97. The second kappa shape index (κ2) is 13.6. The number of nitrogens with two attached hydrogens (primary N) is 1. The lowest BCUT2D eigenvalue weighted by molar-refractivity contribution is -0.143. The second-order valence-electron chi connectivity index (χ2n) is 7.92. The van der Waals surface area contributed by atoms with E-state index in [2.05, 4.69) is 25.9 Å². The summed E-state index contributed by atoms with van der Waals surface area (Å²) in [6, 6.07) is -5.82. The number of aliphatic carboxylic acids is 3. The summed E-state index contributed by atoms with van der Waals surface area (Å²) in [5, 5.41) is 34.2. The van der Waals surface area contributed by atoms with Crippen molar-refractivity contribution in [2.45, 2.75) is 63.7 Å². The SMILES string of the molecule is CCC(C)C(NC(=O)C(N)CC(=O)O)C(=O)NC(CC(=O)O)C(=O)NC(Cc1cnc[nH]1)C(=O)O. The van der Waals surface area contributed by atoms with Gasteiger partial charge in [-0.1, -0.05) is 20.3 Å². The van der Waals surface area contributed by atoms with Gasteiger partial charge in [0.15, 0.2) is 0 Å². The maximum atomic E-state index is 12.9. The number of nitrogens with one attached hydrogen (secondary N) is 4. The molecule has 0 spiro atoms. The number of carboxylic acids is 3. The Morgan fingerprint density at radius 2 is 1.54 bits per heavy atom. The monoisotopic (exact) mass is 498 g/mol. The molecular formula is C20H30N6O9. The lowest BCUT2D eigenvalue weighted by Crippen LogP contribution is -2.59. The summed E-state index contributed by atoms with van der Waals surface area (Å²) in [4.78, 5) is 78.0. The van der Waals surface area contributed by atoms with Crippen LogP contribution < -0.4 is 21.7 Å². The molecule has 5 atom stereocenters. The number of aromatic amines is 1. The molecule has 15 heteroatoms. The fourth-order valence-corrected chi connectivity index (χ4v) is 2.98. The van der Waals surface area contributed by atoms with Crippen molar-refractivity contribution >= 4 is 35.6 Å². The molecule has 0 bridgehead atoms. The van der Waals surface area contributed by atoms with Crippen molar-refractivity contribution in [2.75, 3.05) is 0 Å². The van der Waals surface area contributed by atoms with Crippen molar-refractivity contribution in [3.63, 3.8) is 0 Å². The largest absolute Gasteiger partial charge is 0.481 e. The lowest BCUT2D eigenvalue weighted by Gasteiger charge is -2.27. The minimum absolute atomic E-state index is 0.179. The van der Waals surface area contributed by atoms with E-state index < -0.39 is 78.6 Å². The smallest absolute Gasteiger partial charge is 0.326 e. The van der Waals surface area contributed by atoms with Gasteiger partial charge >= 0.3 is 17.9 Å². The molecule has 3 amide bonds. The van der Waals surface area contributed by atoms with E-state index in [1.807, 2.05) is 0 Å². The summed E-state index contributed by atoms with van der Waals surface area (Å²) in [5.41, 5.74) is 5.93. The van der Waals surface area contributed by atoms with Gasteiger partial charge in [-0.25, -0.2) is 9.78 Å². The molecule has 0 aliphatic heterocycles. The zero-order chi connectivity index (χ0) is 26.7. The summed E-state index contributed by atoms with van der Waals surface area (Å²) in [5.74, 6) is -7.57. The highest BCUT2D eigenvalue weighted by atomic mass is 16.4. The number of imidazole rings is 1. The fourth-order valence-electron chi connectivity index (χ4n) is 2.98. The first-order valence-electron chi connectivity index (χ1n) is 10.7. The van der Waals surface area contributed by atoms with Crippen LogP contribution in [0.5, 0.6) is 0 Å². The Morgan fingerprint density at radius 1 is 0.943 bits per heavy atom. The average Bonchev–Trinajstić information content (AvgIpc) is 3.27. The molecule has 1 heterocycles. The molecule has 1 aromatic heterocycles. The Hall–Kier alpha value is -4.01. The van der Waals surface area contributed by atoms with E-state index in [9.17, 15) is 39.0 Å². The molecule has 0 saturated carbocycles. The van der Waals surface area contributed by atoms with Crippen LogP contribution in [0.4, 0.5) is 0 Å². The fraction of sp³-hybridized carbons (Fsp3) is 0.550. The first kappa shape index (κ1) is 29.0. The number of amides is 3. The zero-order valence-corrected chi connectivity index (χ0v) is 19.2. The quantitative estimate of drug-likeness (QED) is 0.129. The van der Waals surface area contributed by atoms with Crippen molar-refractivity contribution in [1.82, 2.24) is 25.9 Å². The van der Waals surface area contributed by atoms with Gasteiger partial charge in [-0.05, 0) is 5.92 Å². The number of hydrogen-bond acceptors (Lipinski definition) is 8. The number of aromatic nitrogens is 2. The van der Waals surface area contributed by atoms with Crippen LogP contribution in [-0.4, -0.2) is 85.1 Å². The van der Waals surface area contributed by atoms with Crippen molar-refractivity contribution in [3.05, 3.63) is 18.2 Å². The van der Waals surface area contributed by atoms with Crippen LogP contribution in [0.1, 0.15) is 38.8 Å². The maximum Gasteiger partial charge on any atom is 0.326 e. The molecule has 0 radical (unpaired) electrons. The molecule has 0 fully saturated rings. The number of H-pyrrole nitrogens is 1. The topological polar surface area (TPSA) is 254 Å². The molecule has 35 heavy (non-hydrogen) atoms. The number of rotatable bonds is 15. The third-order valence-electron chi connectivity index (χ3n) is 5.13. The molecule has 194 valence electrons. The number of carbonyl (C=O) groups excluding carboxylic acids is 3. The van der Waals surface area contributed by atoms with Crippen LogP contribution in [0.2, 0.25) is 0 Å². The van der Waals surface area contributed by atoms with Crippen LogP contribution in [0.3, 0.4) is 0 Å². The van der Waals surface area contributed by atoms with E-state index in [1.54, 1.807) is 13.8 Å². The van der Waals surface area contributed by atoms with E-state index in [-0.39, 0.29) is 6.42 Å². The van der Waals surface area contributed by atoms with Gasteiger partial charge in [-0.2, -0.15) is 0 Å². The van der Waals surface area contributed by atoms with E-state index >= 15 is 0 Å². The van der Waals surface area contributed by atoms with Crippen LogP contribution >= 0.6 is 0 Å². The number of nitrogens with zero attached hydrogens (tertiary/aromatic N) is 1. The van der Waals surface area contributed by atoms with Crippen molar-refractivity contribution in [3.8, 4) is 0 Å². The van der Waals surface area contributed by atoms with Gasteiger partial charge < -0.3 is 42.0 Å². The van der Waals surface area contributed by atoms with Gasteiger partial charge in [0, 0.05) is 18.3 Å². The normalized spacial score (nSPS) is 15.1. The predicted octanol–water partition coefficient (Wildman–Crippen LogP) is -2.19. The molecule has 0 saturated heterocycles. The third-order valence-corrected chi connectivity index (χ3v) is 5.13. The van der Waals surface area contributed by atoms with Crippen LogP contribution in [0.25, 0.3) is 0 Å². The Kier molecular flexibility index (Phi) is 11.3. The summed E-state index contributed by atoms with van der Waals surface area (Å²) < 4.78 is 0. The first-order valence-corrected chi connectivity index (χ1v) is 10.7. The molecule has 0 aromatic carbocycles. The van der Waals surface area contributed by atoms with E-state index in [4.69, 9.17) is 10.8 Å². The van der Waals surface area contributed by atoms with Crippen LogP contribution in [0.15, 0.2) is 12.5 Å². The van der Waals surface area contributed by atoms with Gasteiger partial charge in [0.1, 0.15) is 18.1 Å². The standard InChI is InChI=1S/C20H30N6O9/c1-3-9(2)16(26-17(31)11(21)5-14(27)28)19(33)24-12(6-15(29)30)18(32)25-13(20(34)35)4-10-7-22-8-23-10/h7-9,11-13,16H,3-6,21H2,1-2H3,(H,22,23)(H,24,33)(H,25,32)(H,26,31)(H,27,28)(H,29,30)(H,34,35). The predicted molar refractivity (Wildman–Crippen MR) is 118 cm³/mol. The Morgan fingerprint density at radius 3 is 2.03 bits per heavy atom. The molecule has 1 rings (SSSR count). The molecule has 5 unspecified atom stereocenters. The van der Waals surface area contributed by atoms with Crippen LogP contribution in [0, 0.1) is 5.92 Å². The minimum atomic E-state index is -1.67. The van der Waals surface area contributed by atoms with E-state index in [1.165, 1.54) is 12.5 Å². The number of carbonyl (C=O) groups is 6. The summed E-state index contributed by atoms with van der Waals surface area (Å²) in [7, 11) is 0. The van der Waals surface area contributed by atoms with Crippen molar-refractivity contribution < 1.29 is 44.1 Å². The van der Waals surface area contributed by atoms with Crippen molar-refractivity contribution in [2.24, 2.45) is 11.7 Å². The highest BCUT2D eigenvalue weighted by Crippen LogP contribution is 2.10. The Bertz CT molecular complexity index is 920. The van der Waals surface area contributed by atoms with Gasteiger partial charge in [0.2, 0.25) is 17.7 Å². The number of hydrogen-bond donors (Lipinski definition) is 8. The van der Waals surface area contributed by atoms with Crippen molar-refractivity contribution in [1.29, 1.82) is 0 Å². The summed E-state index contributed by atoms with van der Waals surface area (Å²) >= 11 is 0. The Labute approximate surface area is 199 Å². The van der Waals surface area contributed by atoms with Gasteiger partial charge in [0.25, 0.3) is 0 Å². The zero-order valence-electron chi connectivity index (χ0n) is 19.2. The minimum Gasteiger partial charge on any atom is -0.481 e. The van der Waals surface area contributed by atoms with Crippen LogP contribution in [-0.2, 0) is 35.2 Å². The van der Waals surface area contributed by atoms with E-state index in [0.29, 0.717) is 12.1 Å². The highest BCUT2D eigenvalue weighted by Gasteiger charge is 2.33. The van der Waals surface area contributed by atoms with E-state index in [0.717, 1.165) is 0 Å². The van der Waals surface area contributed by atoms with Gasteiger partial charge in [-0.15, -0.1) is 0 Å². The van der Waals surface area contributed by atoms with Gasteiger partial charge in [-0.3, -0.25) is 24.0 Å². The second-order valence-corrected chi connectivity index (χ2v) is 7.92.